The molecule has 4 rings (SSSR count). The predicted octanol–water partition coefficient (Wildman–Crippen LogP) is 4.21. The molecule has 2 amide bonds. The largest absolute Gasteiger partial charge is 0.497 e. The van der Waals surface area contributed by atoms with Crippen LogP contribution in [0.2, 0.25) is 0 Å². The van der Waals surface area contributed by atoms with Gasteiger partial charge in [-0.3, -0.25) is 14.9 Å². The Labute approximate surface area is 216 Å². The number of aromatic nitrogens is 2. The number of para-hydroxylation sites is 1. The lowest BCUT2D eigenvalue weighted by Gasteiger charge is -2.09. The number of amides is 2. The summed E-state index contributed by atoms with van der Waals surface area (Å²) in [5.41, 5.74) is 4.36. The third-order valence-corrected chi connectivity index (χ3v) is 5.81. The number of nitrogens with one attached hydrogen (secondary N) is 2. The van der Waals surface area contributed by atoms with Gasteiger partial charge in [0, 0.05) is 11.1 Å². The Morgan fingerprint density at radius 2 is 1.78 bits per heavy atom. The smallest absolute Gasteiger partial charge is 0.257 e. The van der Waals surface area contributed by atoms with Crippen molar-refractivity contribution in [2.45, 2.75) is 13.0 Å². The molecule has 37 heavy (non-hydrogen) atoms. The summed E-state index contributed by atoms with van der Waals surface area (Å²) in [6.45, 7) is 0.256. The number of ether oxygens (including phenoxy) is 2. The van der Waals surface area contributed by atoms with E-state index < -0.39 is 5.91 Å². The van der Waals surface area contributed by atoms with E-state index in [1.807, 2.05) is 12.1 Å². The van der Waals surface area contributed by atoms with Gasteiger partial charge in [0.15, 0.2) is 0 Å². The van der Waals surface area contributed by atoms with E-state index in [1.165, 1.54) is 18.3 Å². The van der Waals surface area contributed by atoms with Gasteiger partial charge in [-0.25, -0.2) is 9.82 Å². The maximum atomic E-state index is 13.1. The Bertz CT molecular complexity index is 1390. The molecule has 0 bridgehead atoms. The van der Waals surface area contributed by atoms with Crippen molar-refractivity contribution in [1.82, 2.24) is 15.6 Å². The average molecular weight is 520 g/mol. The molecule has 0 saturated heterocycles. The molecule has 3 aromatic carbocycles. The molecule has 0 atom stereocenters. The molecule has 0 fully saturated rings. The number of carbonyl (C=O) groups excluding carboxylic acids is 2. The van der Waals surface area contributed by atoms with Gasteiger partial charge in [0.1, 0.15) is 28.9 Å². The standard InChI is InChI=1S/C26H22FN5O4S/c1-35-21-12-8-18(9-13-21)25(34)29-26-32-31-24(37-26)14-23(33)30-28-15-19-4-2-3-5-22(19)36-16-17-6-10-20(27)11-7-17/h2-13,15H,14,16H2,1H3,(H,30,33)(H,29,32,34). The van der Waals surface area contributed by atoms with Gasteiger partial charge in [0.2, 0.25) is 11.0 Å². The Balaban J connectivity index is 1.27. The Hall–Kier alpha value is -4.64. The molecule has 1 heterocycles. The van der Waals surface area contributed by atoms with Crippen LogP contribution >= 0.6 is 11.3 Å². The topological polar surface area (TPSA) is 115 Å². The highest BCUT2D eigenvalue weighted by atomic mass is 32.1. The van der Waals surface area contributed by atoms with Crippen LogP contribution in [0.15, 0.2) is 77.9 Å². The molecule has 4 aromatic rings. The second kappa shape index (κ2) is 12.4. The van der Waals surface area contributed by atoms with Gasteiger partial charge >= 0.3 is 0 Å². The van der Waals surface area contributed by atoms with Crippen LogP contribution in [-0.4, -0.2) is 35.3 Å². The van der Waals surface area contributed by atoms with E-state index in [-0.39, 0.29) is 29.9 Å². The van der Waals surface area contributed by atoms with Crippen molar-refractivity contribution >= 4 is 34.5 Å². The summed E-state index contributed by atoms with van der Waals surface area (Å²) in [4.78, 5) is 24.6. The highest BCUT2D eigenvalue weighted by molar-refractivity contribution is 7.15. The fraction of sp³-hybridized carbons (Fsp3) is 0.115. The first-order valence-corrected chi connectivity index (χ1v) is 11.9. The monoisotopic (exact) mass is 519 g/mol. The molecule has 0 aliphatic rings. The fourth-order valence-electron chi connectivity index (χ4n) is 3.10. The number of nitrogens with zero attached hydrogens (tertiary/aromatic N) is 3. The SMILES string of the molecule is COc1ccc(C(=O)Nc2nnc(CC(=O)NN=Cc3ccccc3OCc3ccc(F)cc3)s2)cc1. The number of rotatable bonds is 10. The first-order valence-electron chi connectivity index (χ1n) is 11.1. The lowest BCUT2D eigenvalue weighted by atomic mass is 10.2. The Morgan fingerprint density at radius 1 is 1.03 bits per heavy atom. The third-order valence-electron chi connectivity index (χ3n) is 4.97. The summed E-state index contributed by atoms with van der Waals surface area (Å²) in [6, 6.07) is 19.9. The highest BCUT2D eigenvalue weighted by Gasteiger charge is 2.13. The summed E-state index contributed by atoms with van der Waals surface area (Å²) < 4.78 is 24.0. The van der Waals surface area contributed by atoms with Crippen LogP contribution in [0.1, 0.15) is 26.5 Å². The summed E-state index contributed by atoms with van der Waals surface area (Å²) in [5, 5.41) is 15.2. The maximum Gasteiger partial charge on any atom is 0.257 e. The third kappa shape index (κ3) is 7.42. The van der Waals surface area contributed by atoms with Crippen molar-refractivity contribution in [1.29, 1.82) is 0 Å². The summed E-state index contributed by atoms with van der Waals surface area (Å²) in [7, 11) is 1.55. The second-order valence-corrected chi connectivity index (χ2v) is 8.67. The molecular weight excluding hydrogens is 497 g/mol. The summed E-state index contributed by atoms with van der Waals surface area (Å²) >= 11 is 1.09. The average Bonchev–Trinajstić information content (AvgIpc) is 3.35. The Morgan fingerprint density at radius 3 is 2.54 bits per heavy atom. The number of anilines is 1. The van der Waals surface area contributed by atoms with Gasteiger partial charge in [-0.05, 0) is 54.1 Å². The molecule has 0 saturated carbocycles. The van der Waals surface area contributed by atoms with Crippen LogP contribution in [0, 0.1) is 5.82 Å². The molecule has 0 unspecified atom stereocenters. The number of hydrogen-bond donors (Lipinski definition) is 2. The number of hydrazone groups is 1. The van der Waals surface area contributed by atoms with Crippen molar-refractivity contribution in [3.8, 4) is 11.5 Å². The summed E-state index contributed by atoms with van der Waals surface area (Å²) in [5.74, 6) is 0.149. The van der Waals surface area contributed by atoms with Crippen LogP contribution in [0.4, 0.5) is 9.52 Å². The molecule has 0 radical (unpaired) electrons. The lowest BCUT2D eigenvalue weighted by molar-refractivity contribution is -0.120. The zero-order valence-corrected chi connectivity index (χ0v) is 20.5. The van der Waals surface area contributed by atoms with Crippen molar-refractivity contribution < 1.29 is 23.5 Å². The zero-order chi connectivity index (χ0) is 26.0. The van der Waals surface area contributed by atoms with Crippen molar-refractivity contribution in [3.63, 3.8) is 0 Å². The van der Waals surface area contributed by atoms with Gasteiger partial charge in [-0.2, -0.15) is 5.10 Å². The van der Waals surface area contributed by atoms with Gasteiger partial charge in [-0.15, -0.1) is 10.2 Å². The van der Waals surface area contributed by atoms with Crippen LogP contribution in [0.5, 0.6) is 11.5 Å². The van der Waals surface area contributed by atoms with E-state index >= 15 is 0 Å². The number of hydrogen-bond acceptors (Lipinski definition) is 8. The van der Waals surface area contributed by atoms with Crippen molar-refractivity contribution in [2.75, 3.05) is 12.4 Å². The Kier molecular flexibility index (Phi) is 8.50. The molecule has 2 N–H and O–H groups in total. The predicted molar refractivity (Wildman–Crippen MR) is 137 cm³/mol. The van der Waals surface area contributed by atoms with E-state index in [0.717, 1.165) is 16.9 Å². The molecule has 11 heteroatoms. The molecule has 1 aromatic heterocycles. The van der Waals surface area contributed by atoms with Gasteiger partial charge in [0.25, 0.3) is 5.91 Å². The fourth-order valence-corrected chi connectivity index (χ4v) is 3.83. The first kappa shape index (κ1) is 25.5. The number of carbonyl (C=O) groups is 2. The maximum absolute atomic E-state index is 13.1. The highest BCUT2D eigenvalue weighted by Crippen LogP contribution is 2.19. The molecule has 9 nitrogen and oxygen atoms in total. The molecule has 0 aliphatic carbocycles. The van der Waals surface area contributed by atoms with E-state index in [2.05, 4.69) is 26.0 Å². The van der Waals surface area contributed by atoms with Crippen LogP contribution < -0.4 is 20.2 Å². The minimum atomic E-state index is -0.398. The molecule has 188 valence electrons. The van der Waals surface area contributed by atoms with Crippen molar-refractivity contribution in [3.05, 3.63) is 100 Å². The van der Waals surface area contributed by atoms with Gasteiger partial charge in [0.05, 0.1) is 19.7 Å². The van der Waals surface area contributed by atoms with E-state index in [0.29, 0.717) is 27.6 Å². The van der Waals surface area contributed by atoms with E-state index in [1.54, 1.807) is 55.6 Å². The van der Waals surface area contributed by atoms with Gasteiger partial charge in [-0.1, -0.05) is 35.6 Å². The first-order chi connectivity index (χ1) is 18.0. The number of benzene rings is 3. The van der Waals surface area contributed by atoms with Crippen LogP contribution in [0.3, 0.4) is 0 Å². The minimum absolute atomic E-state index is 0.0594. The molecule has 0 spiro atoms. The van der Waals surface area contributed by atoms with E-state index in [9.17, 15) is 14.0 Å². The zero-order valence-electron chi connectivity index (χ0n) is 19.7. The van der Waals surface area contributed by atoms with Crippen molar-refractivity contribution in [2.24, 2.45) is 5.10 Å². The lowest BCUT2D eigenvalue weighted by Crippen LogP contribution is -2.19. The normalized spacial score (nSPS) is 10.8. The quantitative estimate of drug-likeness (QED) is 0.240. The van der Waals surface area contributed by atoms with E-state index in [4.69, 9.17) is 9.47 Å². The second-order valence-electron chi connectivity index (χ2n) is 7.61. The number of methoxy groups -OCH3 is 1. The molecule has 0 aliphatic heterocycles. The van der Waals surface area contributed by atoms with Crippen LogP contribution in [-0.2, 0) is 17.8 Å². The van der Waals surface area contributed by atoms with Gasteiger partial charge < -0.3 is 9.47 Å². The summed E-state index contributed by atoms with van der Waals surface area (Å²) in [6.07, 6.45) is 1.41. The molecular formula is C26H22FN5O4S. The number of halogens is 1. The minimum Gasteiger partial charge on any atom is -0.497 e. The van der Waals surface area contributed by atoms with Crippen LogP contribution in [0.25, 0.3) is 0 Å².